The minimum absolute atomic E-state index is 0.311. The molecule has 1 heterocycles. The number of rotatable bonds is 4. The first kappa shape index (κ1) is 17.4. The van der Waals surface area contributed by atoms with Crippen LogP contribution in [0.5, 0.6) is 11.5 Å². The summed E-state index contributed by atoms with van der Waals surface area (Å²) in [5.74, 6) is 0.130. The Morgan fingerprint density at radius 2 is 1.36 bits per heavy atom. The van der Waals surface area contributed by atoms with Gasteiger partial charge in [-0.05, 0) is 30.3 Å². The predicted molar refractivity (Wildman–Crippen MR) is 106 cm³/mol. The molecule has 138 valence electrons. The van der Waals surface area contributed by atoms with Crippen molar-refractivity contribution < 1.29 is 14.3 Å². The molecule has 3 aromatic carbocycles. The second kappa shape index (κ2) is 7.67. The van der Waals surface area contributed by atoms with Gasteiger partial charge in [-0.3, -0.25) is 20.4 Å². The fourth-order valence-electron chi connectivity index (χ4n) is 2.87. The van der Waals surface area contributed by atoms with Gasteiger partial charge in [0, 0.05) is 17.1 Å². The molecule has 3 N–H and O–H groups in total. The molecule has 0 spiro atoms. The van der Waals surface area contributed by atoms with Crippen molar-refractivity contribution in [2.45, 2.75) is 0 Å². The maximum Gasteiger partial charge on any atom is 0.273 e. The van der Waals surface area contributed by atoms with E-state index in [1.165, 1.54) is 0 Å². The molecule has 6 heteroatoms. The number of aromatic nitrogens is 1. The maximum absolute atomic E-state index is 12.6. The topological polar surface area (TPSA) is 83.2 Å². The quantitative estimate of drug-likeness (QED) is 0.474. The number of para-hydroxylation sites is 3. The normalized spacial score (nSPS) is 10.4. The van der Waals surface area contributed by atoms with Crippen LogP contribution < -0.4 is 15.6 Å². The number of hydrazine groups is 1. The number of aromatic amines is 1. The Balaban J connectivity index is 1.48. The number of fused-ring (bicyclic) bond motifs is 1. The van der Waals surface area contributed by atoms with Crippen LogP contribution in [-0.4, -0.2) is 16.8 Å². The molecule has 6 nitrogen and oxygen atoms in total. The Morgan fingerprint density at radius 3 is 2.18 bits per heavy atom. The molecule has 0 saturated heterocycles. The van der Waals surface area contributed by atoms with E-state index >= 15 is 0 Å². The van der Waals surface area contributed by atoms with E-state index in [9.17, 15) is 9.59 Å². The van der Waals surface area contributed by atoms with E-state index in [1.54, 1.807) is 42.6 Å². The standard InChI is InChI=1S/C22H17N3O3/c26-21(17-11-5-7-13-20(17)28-15-8-2-1-3-9-15)24-25-22(27)18-14-23-19-12-6-4-10-16(18)19/h1-14,23H,(H,24,26)(H,25,27). The van der Waals surface area contributed by atoms with E-state index in [-0.39, 0.29) is 0 Å². The number of nitrogens with one attached hydrogen (secondary N) is 3. The van der Waals surface area contributed by atoms with Crippen molar-refractivity contribution in [3.63, 3.8) is 0 Å². The van der Waals surface area contributed by atoms with Gasteiger partial charge < -0.3 is 9.72 Å². The van der Waals surface area contributed by atoms with Crippen molar-refractivity contribution in [2.24, 2.45) is 0 Å². The van der Waals surface area contributed by atoms with Crippen molar-refractivity contribution in [2.75, 3.05) is 0 Å². The summed E-state index contributed by atoms with van der Waals surface area (Å²) in [7, 11) is 0. The lowest BCUT2D eigenvalue weighted by atomic mass is 10.1. The number of carbonyl (C=O) groups excluding carboxylic acids is 2. The summed E-state index contributed by atoms with van der Waals surface area (Å²) in [5.41, 5.74) is 6.51. The molecule has 1 aromatic heterocycles. The van der Waals surface area contributed by atoms with Crippen LogP contribution in [0.3, 0.4) is 0 Å². The summed E-state index contributed by atoms with van der Waals surface area (Å²) in [6, 6.07) is 23.5. The summed E-state index contributed by atoms with van der Waals surface area (Å²) in [5, 5.41) is 0.780. The summed E-state index contributed by atoms with van der Waals surface area (Å²) in [6.07, 6.45) is 1.61. The number of hydrogen-bond donors (Lipinski definition) is 3. The third kappa shape index (κ3) is 3.57. The number of benzene rings is 3. The first-order valence-corrected chi connectivity index (χ1v) is 8.71. The largest absolute Gasteiger partial charge is 0.457 e. The summed E-state index contributed by atoms with van der Waals surface area (Å²) < 4.78 is 5.79. The SMILES string of the molecule is O=C(NNC(=O)c1c[nH]c2ccccc12)c1ccccc1Oc1ccccc1. The molecule has 0 bridgehead atoms. The zero-order chi connectivity index (χ0) is 19.3. The van der Waals surface area contributed by atoms with Crippen LogP contribution in [0.4, 0.5) is 0 Å². The molecule has 28 heavy (non-hydrogen) atoms. The fourth-order valence-corrected chi connectivity index (χ4v) is 2.87. The highest BCUT2D eigenvalue weighted by atomic mass is 16.5. The number of ether oxygens (including phenoxy) is 1. The van der Waals surface area contributed by atoms with Crippen LogP contribution in [0.15, 0.2) is 85.1 Å². The Hall–Kier alpha value is -4.06. The lowest BCUT2D eigenvalue weighted by Gasteiger charge is -2.12. The second-order valence-corrected chi connectivity index (χ2v) is 6.07. The van der Waals surface area contributed by atoms with E-state index in [1.807, 2.05) is 42.5 Å². The highest BCUT2D eigenvalue weighted by Crippen LogP contribution is 2.25. The van der Waals surface area contributed by atoms with Gasteiger partial charge in [0.2, 0.25) is 0 Å². The molecule has 0 radical (unpaired) electrons. The van der Waals surface area contributed by atoms with Crippen molar-refractivity contribution in [3.05, 3.63) is 96.2 Å². The first-order valence-electron chi connectivity index (χ1n) is 8.71. The summed E-state index contributed by atoms with van der Waals surface area (Å²) in [6.45, 7) is 0. The van der Waals surface area contributed by atoms with Crippen molar-refractivity contribution in [3.8, 4) is 11.5 Å². The predicted octanol–water partition coefficient (Wildman–Crippen LogP) is 4.04. The van der Waals surface area contributed by atoms with E-state index < -0.39 is 11.8 Å². The number of hydrogen-bond acceptors (Lipinski definition) is 3. The Labute approximate surface area is 161 Å². The highest BCUT2D eigenvalue weighted by molar-refractivity contribution is 6.07. The van der Waals surface area contributed by atoms with E-state index in [0.29, 0.717) is 22.6 Å². The van der Waals surface area contributed by atoms with E-state index in [2.05, 4.69) is 15.8 Å². The zero-order valence-electron chi connectivity index (χ0n) is 14.8. The summed E-state index contributed by atoms with van der Waals surface area (Å²) in [4.78, 5) is 28.1. The van der Waals surface area contributed by atoms with Crippen molar-refractivity contribution >= 4 is 22.7 Å². The van der Waals surface area contributed by atoms with Gasteiger partial charge >= 0.3 is 0 Å². The minimum atomic E-state index is -0.472. The molecular formula is C22H17N3O3. The third-order valence-corrected chi connectivity index (χ3v) is 4.23. The van der Waals surface area contributed by atoms with Crippen LogP contribution in [-0.2, 0) is 0 Å². The van der Waals surface area contributed by atoms with Gasteiger partial charge in [0.1, 0.15) is 11.5 Å². The average Bonchev–Trinajstić information content (AvgIpc) is 3.17. The van der Waals surface area contributed by atoms with Crippen LogP contribution in [0.25, 0.3) is 10.9 Å². The molecule has 0 saturated carbocycles. The molecule has 0 fully saturated rings. The molecule has 0 aliphatic heterocycles. The van der Waals surface area contributed by atoms with Gasteiger partial charge in [-0.2, -0.15) is 0 Å². The van der Waals surface area contributed by atoms with Crippen LogP contribution in [0, 0.1) is 0 Å². The van der Waals surface area contributed by atoms with Gasteiger partial charge in [0.25, 0.3) is 11.8 Å². The third-order valence-electron chi connectivity index (χ3n) is 4.23. The average molecular weight is 371 g/mol. The Kier molecular flexibility index (Phi) is 4.76. The molecule has 0 unspecified atom stereocenters. The molecule has 0 atom stereocenters. The smallest absolute Gasteiger partial charge is 0.273 e. The molecule has 0 aliphatic rings. The molecular weight excluding hydrogens is 354 g/mol. The second-order valence-electron chi connectivity index (χ2n) is 6.07. The van der Waals surface area contributed by atoms with Crippen molar-refractivity contribution in [1.29, 1.82) is 0 Å². The number of H-pyrrole nitrogens is 1. The van der Waals surface area contributed by atoms with Crippen LogP contribution >= 0.6 is 0 Å². The fraction of sp³-hybridized carbons (Fsp3) is 0. The lowest BCUT2D eigenvalue weighted by molar-refractivity contribution is 0.0846. The van der Waals surface area contributed by atoms with Crippen LogP contribution in [0.2, 0.25) is 0 Å². The van der Waals surface area contributed by atoms with Gasteiger partial charge in [-0.15, -0.1) is 0 Å². The van der Waals surface area contributed by atoms with E-state index in [4.69, 9.17) is 4.74 Å². The monoisotopic (exact) mass is 371 g/mol. The lowest BCUT2D eigenvalue weighted by Crippen LogP contribution is -2.41. The highest BCUT2D eigenvalue weighted by Gasteiger charge is 2.16. The zero-order valence-corrected chi connectivity index (χ0v) is 14.8. The first-order chi connectivity index (χ1) is 13.7. The van der Waals surface area contributed by atoms with Crippen molar-refractivity contribution in [1.82, 2.24) is 15.8 Å². The Morgan fingerprint density at radius 1 is 0.714 bits per heavy atom. The number of carbonyl (C=O) groups is 2. The van der Waals surface area contributed by atoms with Gasteiger partial charge in [-0.25, -0.2) is 0 Å². The van der Waals surface area contributed by atoms with Gasteiger partial charge in [0.05, 0.1) is 11.1 Å². The molecule has 0 aliphatic carbocycles. The maximum atomic E-state index is 12.6. The molecule has 4 aromatic rings. The molecule has 4 rings (SSSR count). The van der Waals surface area contributed by atoms with Gasteiger partial charge in [-0.1, -0.05) is 48.5 Å². The van der Waals surface area contributed by atoms with Crippen LogP contribution in [0.1, 0.15) is 20.7 Å². The minimum Gasteiger partial charge on any atom is -0.457 e. The number of amides is 2. The summed E-state index contributed by atoms with van der Waals surface area (Å²) >= 11 is 0. The van der Waals surface area contributed by atoms with E-state index in [0.717, 1.165) is 10.9 Å². The van der Waals surface area contributed by atoms with Gasteiger partial charge in [0.15, 0.2) is 0 Å². The Bertz CT molecular complexity index is 1140. The molecule has 2 amide bonds.